The summed E-state index contributed by atoms with van der Waals surface area (Å²) >= 11 is 9.23. The molecule has 0 aliphatic rings. The monoisotopic (exact) mass is 351 g/mol. The molecule has 5 heteroatoms. The van der Waals surface area contributed by atoms with E-state index in [-0.39, 0.29) is 0 Å². The van der Waals surface area contributed by atoms with Gasteiger partial charge in [0.2, 0.25) is 0 Å². The third-order valence-electron chi connectivity index (χ3n) is 2.47. The number of hydrogen-bond donors (Lipinski definition) is 0. The number of rotatable bonds is 5. The van der Waals surface area contributed by atoms with Crippen LogP contribution in [-0.4, -0.2) is 13.2 Å². The molecule has 0 heterocycles. The van der Waals surface area contributed by atoms with Crippen LogP contribution in [0.2, 0.25) is 5.02 Å². The van der Waals surface area contributed by atoms with Gasteiger partial charge in [0, 0.05) is 5.02 Å². The fraction of sp³-hybridized carbons (Fsp3) is 0.133. The lowest BCUT2D eigenvalue weighted by molar-refractivity contribution is 0.216. The van der Waals surface area contributed by atoms with Crippen molar-refractivity contribution in [2.45, 2.75) is 0 Å². The summed E-state index contributed by atoms with van der Waals surface area (Å²) in [7, 11) is 0. The highest BCUT2D eigenvalue weighted by molar-refractivity contribution is 9.10. The van der Waals surface area contributed by atoms with Crippen LogP contribution in [0.25, 0.3) is 0 Å². The van der Waals surface area contributed by atoms with Gasteiger partial charge in [-0.3, -0.25) is 0 Å². The van der Waals surface area contributed by atoms with Crippen molar-refractivity contribution in [2.24, 2.45) is 0 Å². The Balaban J connectivity index is 1.83. The van der Waals surface area contributed by atoms with E-state index in [2.05, 4.69) is 22.0 Å². The summed E-state index contributed by atoms with van der Waals surface area (Å²) in [6, 6.07) is 14.4. The van der Waals surface area contributed by atoms with E-state index in [1.165, 1.54) is 0 Å². The maximum Gasteiger partial charge on any atom is 0.133 e. The Morgan fingerprint density at radius 1 is 1.10 bits per heavy atom. The van der Waals surface area contributed by atoms with Crippen LogP contribution in [-0.2, 0) is 0 Å². The lowest BCUT2D eigenvalue weighted by Gasteiger charge is -2.10. The first-order valence-electron chi connectivity index (χ1n) is 5.90. The van der Waals surface area contributed by atoms with Gasteiger partial charge in [-0.2, -0.15) is 5.26 Å². The molecule has 2 rings (SSSR count). The molecule has 0 aliphatic carbocycles. The fourth-order valence-corrected chi connectivity index (χ4v) is 2.36. The molecule has 0 fully saturated rings. The van der Waals surface area contributed by atoms with E-state index in [1.807, 2.05) is 0 Å². The Labute approximate surface area is 130 Å². The average molecular weight is 353 g/mol. The second-order valence-electron chi connectivity index (χ2n) is 3.91. The van der Waals surface area contributed by atoms with E-state index >= 15 is 0 Å². The smallest absolute Gasteiger partial charge is 0.133 e. The zero-order valence-corrected chi connectivity index (χ0v) is 12.8. The molecule has 20 heavy (non-hydrogen) atoms. The zero-order valence-electron chi connectivity index (χ0n) is 10.5. The molecule has 0 unspecified atom stereocenters. The second-order valence-corrected chi connectivity index (χ2v) is 5.20. The molecule has 0 spiro atoms. The summed E-state index contributed by atoms with van der Waals surface area (Å²) < 4.78 is 11.9. The summed E-state index contributed by atoms with van der Waals surface area (Å²) in [5, 5.41) is 9.44. The molecule has 3 nitrogen and oxygen atoms in total. The predicted molar refractivity (Wildman–Crippen MR) is 81.3 cm³/mol. The van der Waals surface area contributed by atoms with Crippen LogP contribution in [0.1, 0.15) is 5.56 Å². The molecule has 0 bridgehead atoms. The van der Waals surface area contributed by atoms with Gasteiger partial charge in [0.05, 0.1) is 16.1 Å². The van der Waals surface area contributed by atoms with E-state index in [9.17, 15) is 0 Å². The number of hydrogen-bond acceptors (Lipinski definition) is 3. The normalized spacial score (nSPS) is 9.85. The highest BCUT2D eigenvalue weighted by Gasteiger charge is 2.02. The van der Waals surface area contributed by atoms with Crippen molar-refractivity contribution in [1.82, 2.24) is 0 Å². The van der Waals surface area contributed by atoms with Crippen LogP contribution >= 0.6 is 27.5 Å². The molecule has 0 radical (unpaired) electrons. The summed E-state index contributed by atoms with van der Waals surface area (Å²) in [6.07, 6.45) is 0. The Morgan fingerprint density at radius 3 is 2.65 bits per heavy atom. The predicted octanol–water partition coefficient (Wildman–Crippen LogP) is 4.43. The summed E-state index contributed by atoms with van der Waals surface area (Å²) in [6.45, 7) is 0.793. The van der Waals surface area contributed by atoms with Gasteiger partial charge in [-0.15, -0.1) is 0 Å². The maximum atomic E-state index is 8.79. The Morgan fingerprint density at radius 2 is 1.90 bits per heavy atom. The third kappa shape index (κ3) is 4.16. The van der Waals surface area contributed by atoms with Crippen LogP contribution in [0, 0.1) is 11.3 Å². The van der Waals surface area contributed by atoms with Crippen molar-refractivity contribution in [2.75, 3.05) is 13.2 Å². The number of ether oxygens (including phenoxy) is 2. The van der Waals surface area contributed by atoms with E-state index in [0.29, 0.717) is 35.3 Å². The Bertz CT molecular complexity index is 640. The first kappa shape index (κ1) is 14.7. The number of nitriles is 1. The van der Waals surface area contributed by atoms with Gasteiger partial charge in [-0.1, -0.05) is 17.7 Å². The first-order valence-corrected chi connectivity index (χ1v) is 7.07. The molecule has 102 valence electrons. The molecule has 2 aromatic rings. The van der Waals surface area contributed by atoms with Gasteiger partial charge in [0.15, 0.2) is 0 Å². The zero-order chi connectivity index (χ0) is 14.4. The summed E-state index contributed by atoms with van der Waals surface area (Å²) in [4.78, 5) is 0. The van der Waals surface area contributed by atoms with Crippen molar-refractivity contribution >= 4 is 27.5 Å². The molecule has 0 amide bonds. The molecule has 0 saturated carbocycles. The minimum absolute atomic E-state index is 0.393. The van der Waals surface area contributed by atoms with E-state index < -0.39 is 0 Å². The van der Waals surface area contributed by atoms with E-state index in [1.54, 1.807) is 42.5 Å². The summed E-state index contributed by atoms with van der Waals surface area (Å²) in [5.41, 5.74) is 0.573. The molecular weight excluding hydrogens is 342 g/mol. The number of benzene rings is 2. The van der Waals surface area contributed by atoms with E-state index in [0.717, 1.165) is 4.47 Å². The minimum atomic E-state index is 0.393. The molecule has 0 atom stereocenters. The van der Waals surface area contributed by atoms with Gasteiger partial charge in [-0.25, -0.2) is 0 Å². The van der Waals surface area contributed by atoms with Gasteiger partial charge in [-0.05, 0) is 52.3 Å². The molecular formula is C15H11BrClNO2. The molecule has 2 aromatic carbocycles. The first-order chi connectivity index (χ1) is 9.69. The van der Waals surface area contributed by atoms with E-state index in [4.69, 9.17) is 26.3 Å². The molecule has 0 saturated heterocycles. The highest BCUT2D eigenvalue weighted by Crippen LogP contribution is 2.27. The Kier molecular flexibility index (Phi) is 5.28. The SMILES string of the molecule is N#Cc1cccc(OCCOc2ccc(Cl)cc2Br)c1. The van der Waals surface area contributed by atoms with Crippen molar-refractivity contribution in [1.29, 1.82) is 5.26 Å². The number of nitrogens with zero attached hydrogens (tertiary/aromatic N) is 1. The highest BCUT2D eigenvalue weighted by atomic mass is 79.9. The van der Waals surface area contributed by atoms with Gasteiger partial charge < -0.3 is 9.47 Å². The largest absolute Gasteiger partial charge is 0.490 e. The van der Waals surface area contributed by atoms with Gasteiger partial charge in [0.25, 0.3) is 0 Å². The van der Waals surface area contributed by atoms with Crippen molar-refractivity contribution in [3.05, 3.63) is 57.5 Å². The van der Waals surface area contributed by atoms with Gasteiger partial charge in [0.1, 0.15) is 24.7 Å². The second kappa shape index (κ2) is 7.18. The number of halogens is 2. The standard InChI is InChI=1S/C15H11BrClNO2/c16-14-9-12(17)4-5-15(14)20-7-6-19-13-3-1-2-11(8-13)10-18/h1-5,8-9H,6-7H2. The lowest BCUT2D eigenvalue weighted by atomic mass is 10.2. The molecule has 0 N–H and O–H groups in total. The average Bonchev–Trinajstić information content (AvgIpc) is 2.45. The van der Waals surface area contributed by atoms with Crippen molar-refractivity contribution in [3.63, 3.8) is 0 Å². The topological polar surface area (TPSA) is 42.2 Å². The third-order valence-corrected chi connectivity index (χ3v) is 3.32. The summed E-state index contributed by atoms with van der Waals surface area (Å²) in [5.74, 6) is 1.37. The van der Waals surface area contributed by atoms with Crippen LogP contribution in [0.15, 0.2) is 46.9 Å². The maximum absolute atomic E-state index is 8.79. The molecule has 0 aliphatic heterocycles. The minimum Gasteiger partial charge on any atom is -0.490 e. The van der Waals surface area contributed by atoms with Crippen LogP contribution in [0.5, 0.6) is 11.5 Å². The van der Waals surface area contributed by atoms with Crippen molar-refractivity contribution in [3.8, 4) is 17.6 Å². The van der Waals surface area contributed by atoms with Crippen molar-refractivity contribution < 1.29 is 9.47 Å². The van der Waals surface area contributed by atoms with Crippen LogP contribution in [0.3, 0.4) is 0 Å². The lowest BCUT2D eigenvalue weighted by Crippen LogP contribution is -2.09. The van der Waals surface area contributed by atoms with Crippen LogP contribution < -0.4 is 9.47 Å². The fourth-order valence-electron chi connectivity index (χ4n) is 1.56. The molecule has 0 aromatic heterocycles. The quantitative estimate of drug-likeness (QED) is 0.747. The van der Waals surface area contributed by atoms with Crippen LogP contribution in [0.4, 0.5) is 0 Å². The van der Waals surface area contributed by atoms with Gasteiger partial charge >= 0.3 is 0 Å². The Hall–Kier alpha value is -1.70.